The molecule has 0 aliphatic heterocycles. The van der Waals surface area contributed by atoms with Gasteiger partial charge in [0.05, 0.1) is 6.21 Å². The standard InChI is InChI=1S/C5H6N2S/c6-7-3-5-1-2-8-4-5/h1-4H,6H2/b7-3-. The molecule has 42 valence electrons. The van der Waals surface area contributed by atoms with Crippen molar-refractivity contribution in [2.45, 2.75) is 0 Å². The molecular formula is C5H6N2S. The molecule has 8 heavy (non-hydrogen) atoms. The number of nitrogens with zero attached hydrogens (tertiary/aromatic N) is 1. The number of rotatable bonds is 1. The fourth-order valence-electron chi connectivity index (χ4n) is 0.435. The second-order valence-electron chi connectivity index (χ2n) is 1.33. The predicted octanol–water partition coefficient (Wildman–Crippen LogP) is 1.04. The molecule has 1 rings (SSSR count). The highest BCUT2D eigenvalue weighted by Crippen LogP contribution is 2.01. The Labute approximate surface area is 51.6 Å². The molecule has 0 aromatic carbocycles. The molecule has 0 bridgehead atoms. The quantitative estimate of drug-likeness (QED) is 0.341. The van der Waals surface area contributed by atoms with Crippen molar-refractivity contribution >= 4 is 17.6 Å². The van der Waals surface area contributed by atoms with E-state index in [4.69, 9.17) is 5.84 Å². The zero-order valence-electron chi connectivity index (χ0n) is 4.24. The minimum absolute atomic E-state index is 1.07. The van der Waals surface area contributed by atoms with Crippen molar-refractivity contribution in [2.75, 3.05) is 0 Å². The van der Waals surface area contributed by atoms with Crippen molar-refractivity contribution in [2.24, 2.45) is 10.9 Å². The van der Waals surface area contributed by atoms with Crippen LogP contribution in [0.3, 0.4) is 0 Å². The molecular weight excluding hydrogens is 120 g/mol. The highest BCUT2D eigenvalue weighted by Gasteiger charge is 1.81. The Morgan fingerprint density at radius 2 is 2.62 bits per heavy atom. The van der Waals surface area contributed by atoms with Crippen LogP contribution >= 0.6 is 11.3 Å². The summed E-state index contributed by atoms with van der Waals surface area (Å²) in [5.74, 6) is 4.89. The van der Waals surface area contributed by atoms with Crippen LogP contribution in [0.25, 0.3) is 0 Å². The van der Waals surface area contributed by atoms with Gasteiger partial charge < -0.3 is 5.84 Å². The maximum atomic E-state index is 4.89. The number of hydrogen-bond acceptors (Lipinski definition) is 3. The first-order valence-electron chi connectivity index (χ1n) is 2.19. The number of nitrogens with two attached hydrogens (primary N) is 1. The lowest BCUT2D eigenvalue weighted by Gasteiger charge is -1.74. The highest BCUT2D eigenvalue weighted by molar-refractivity contribution is 7.08. The SMILES string of the molecule is N/N=C\c1ccsc1. The van der Waals surface area contributed by atoms with Crippen molar-refractivity contribution < 1.29 is 0 Å². The van der Waals surface area contributed by atoms with Crippen molar-refractivity contribution in [1.29, 1.82) is 0 Å². The lowest BCUT2D eigenvalue weighted by atomic mass is 10.4. The summed E-state index contributed by atoms with van der Waals surface area (Å²) < 4.78 is 0. The Hall–Kier alpha value is -0.830. The summed E-state index contributed by atoms with van der Waals surface area (Å²) in [6, 6.07) is 1.96. The Morgan fingerprint density at radius 3 is 3.12 bits per heavy atom. The topological polar surface area (TPSA) is 38.4 Å². The molecule has 0 atom stereocenters. The Balaban J connectivity index is 2.77. The van der Waals surface area contributed by atoms with Gasteiger partial charge in [-0.1, -0.05) is 0 Å². The van der Waals surface area contributed by atoms with E-state index in [2.05, 4.69) is 5.10 Å². The van der Waals surface area contributed by atoms with E-state index >= 15 is 0 Å². The van der Waals surface area contributed by atoms with E-state index in [0.717, 1.165) is 5.56 Å². The maximum absolute atomic E-state index is 4.89. The van der Waals surface area contributed by atoms with Crippen molar-refractivity contribution in [3.05, 3.63) is 22.4 Å². The maximum Gasteiger partial charge on any atom is 0.0546 e. The molecule has 1 aromatic heterocycles. The molecule has 2 N–H and O–H groups in total. The summed E-state index contributed by atoms with van der Waals surface area (Å²) in [6.45, 7) is 0. The van der Waals surface area contributed by atoms with Crippen molar-refractivity contribution in [3.8, 4) is 0 Å². The largest absolute Gasteiger partial charge is 0.323 e. The average Bonchev–Trinajstić information content (AvgIpc) is 2.19. The lowest BCUT2D eigenvalue weighted by molar-refractivity contribution is 1.26. The van der Waals surface area contributed by atoms with Crippen LogP contribution in [0.1, 0.15) is 5.56 Å². The normalized spacial score (nSPS) is 10.5. The van der Waals surface area contributed by atoms with Gasteiger partial charge in [-0.15, -0.1) is 0 Å². The average molecular weight is 126 g/mol. The zero-order valence-corrected chi connectivity index (χ0v) is 5.06. The molecule has 0 aliphatic rings. The Bertz CT molecular complexity index is 167. The molecule has 1 aromatic rings. The van der Waals surface area contributed by atoms with Gasteiger partial charge in [0.25, 0.3) is 0 Å². The van der Waals surface area contributed by atoms with Crippen LogP contribution in [0.5, 0.6) is 0 Å². The summed E-state index contributed by atoms with van der Waals surface area (Å²) in [7, 11) is 0. The van der Waals surface area contributed by atoms with Crippen LogP contribution in [-0.2, 0) is 0 Å². The molecule has 0 amide bonds. The van der Waals surface area contributed by atoms with Crippen LogP contribution in [0, 0.1) is 0 Å². The second-order valence-corrected chi connectivity index (χ2v) is 2.11. The zero-order chi connectivity index (χ0) is 5.82. The summed E-state index contributed by atoms with van der Waals surface area (Å²) in [5, 5.41) is 7.33. The lowest BCUT2D eigenvalue weighted by Crippen LogP contribution is -1.81. The van der Waals surface area contributed by atoms with Crippen molar-refractivity contribution in [1.82, 2.24) is 0 Å². The Kier molecular flexibility index (Phi) is 1.64. The first-order chi connectivity index (χ1) is 3.93. The third-order valence-corrected chi connectivity index (χ3v) is 1.47. The summed E-state index contributed by atoms with van der Waals surface area (Å²) >= 11 is 1.63. The van der Waals surface area contributed by atoms with Gasteiger partial charge >= 0.3 is 0 Å². The molecule has 3 heteroatoms. The Morgan fingerprint density at radius 1 is 1.75 bits per heavy atom. The van der Waals surface area contributed by atoms with E-state index in [1.165, 1.54) is 0 Å². The van der Waals surface area contributed by atoms with Gasteiger partial charge in [-0.2, -0.15) is 16.4 Å². The first kappa shape index (κ1) is 5.31. The third-order valence-electron chi connectivity index (χ3n) is 0.767. The smallest absolute Gasteiger partial charge is 0.0546 e. The van der Waals surface area contributed by atoms with Crippen LogP contribution in [-0.4, -0.2) is 6.21 Å². The van der Waals surface area contributed by atoms with Crippen LogP contribution in [0.15, 0.2) is 21.9 Å². The van der Waals surface area contributed by atoms with Gasteiger partial charge in [-0.3, -0.25) is 0 Å². The molecule has 2 nitrogen and oxygen atoms in total. The van der Waals surface area contributed by atoms with Crippen molar-refractivity contribution in [3.63, 3.8) is 0 Å². The molecule has 0 unspecified atom stereocenters. The van der Waals surface area contributed by atoms with Crippen LogP contribution in [0.4, 0.5) is 0 Å². The van der Waals surface area contributed by atoms with E-state index < -0.39 is 0 Å². The third kappa shape index (κ3) is 1.07. The fourth-order valence-corrected chi connectivity index (χ4v) is 1.05. The number of hydrogen-bond donors (Lipinski definition) is 1. The van der Waals surface area contributed by atoms with E-state index in [0.29, 0.717) is 0 Å². The van der Waals surface area contributed by atoms with E-state index in [1.807, 2.05) is 16.8 Å². The summed E-state index contributed by atoms with van der Waals surface area (Å²) in [4.78, 5) is 0. The molecule has 0 fully saturated rings. The minimum atomic E-state index is 1.07. The van der Waals surface area contributed by atoms with Gasteiger partial charge in [0.15, 0.2) is 0 Å². The highest BCUT2D eigenvalue weighted by atomic mass is 32.1. The second kappa shape index (κ2) is 2.47. The summed E-state index contributed by atoms with van der Waals surface area (Å²) in [6.07, 6.45) is 1.62. The summed E-state index contributed by atoms with van der Waals surface area (Å²) in [5.41, 5.74) is 1.07. The molecule has 0 spiro atoms. The van der Waals surface area contributed by atoms with Gasteiger partial charge in [0.1, 0.15) is 0 Å². The fraction of sp³-hybridized carbons (Fsp3) is 0. The van der Waals surface area contributed by atoms with Gasteiger partial charge in [-0.05, 0) is 16.8 Å². The van der Waals surface area contributed by atoms with Crippen LogP contribution < -0.4 is 5.84 Å². The molecule has 0 aliphatic carbocycles. The molecule has 0 radical (unpaired) electrons. The van der Waals surface area contributed by atoms with E-state index in [9.17, 15) is 0 Å². The monoisotopic (exact) mass is 126 g/mol. The van der Waals surface area contributed by atoms with Gasteiger partial charge in [-0.25, -0.2) is 0 Å². The molecule has 0 saturated carbocycles. The molecule has 0 saturated heterocycles. The van der Waals surface area contributed by atoms with E-state index in [1.54, 1.807) is 17.6 Å². The predicted molar refractivity (Wildman–Crippen MR) is 36.1 cm³/mol. The number of hydrazone groups is 1. The van der Waals surface area contributed by atoms with E-state index in [-0.39, 0.29) is 0 Å². The van der Waals surface area contributed by atoms with Gasteiger partial charge in [0.2, 0.25) is 0 Å². The first-order valence-corrected chi connectivity index (χ1v) is 3.13. The molecule has 1 heterocycles. The van der Waals surface area contributed by atoms with Crippen LogP contribution in [0.2, 0.25) is 0 Å². The number of thiophene rings is 1. The minimum Gasteiger partial charge on any atom is -0.323 e. The van der Waals surface area contributed by atoms with Gasteiger partial charge in [0, 0.05) is 5.56 Å².